The van der Waals surface area contributed by atoms with Crippen LogP contribution in [0.5, 0.6) is 0 Å². The van der Waals surface area contributed by atoms with E-state index in [0.29, 0.717) is 5.02 Å². The maximum atomic E-state index is 12.1. The molecule has 0 aliphatic carbocycles. The van der Waals surface area contributed by atoms with E-state index < -0.39 is 11.9 Å². The molecule has 1 aromatic carbocycles. The van der Waals surface area contributed by atoms with Crippen LogP contribution in [0.25, 0.3) is 0 Å². The normalized spacial score (nSPS) is 12.3. The van der Waals surface area contributed by atoms with Crippen LogP contribution in [0.3, 0.4) is 0 Å². The van der Waals surface area contributed by atoms with Crippen molar-refractivity contribution in [1.29, 1.82) is 0 Å². The molecule has 0 fully saturated rings. The number of ketones is 1. The van der Waals surface area contributed by atoms with E-state index in [0.717, 1.165) is 4.90 Å². The van der Waals surface area contributed by atoms with Crippen LogP contribution in [0.1, 0.15) is 13.8 Å². The maximum absolute atomic E-state index is 12.1. The van der Waals surface area contributed by atoms with Gasteiger partial charge in [-0.05, 0) is 24.1 Å². The number of methoxy groups -OCH3 is 1. The topological polar surface area (TPSA) is 43.4 Å². The summed E-state index contributed by atoms with van der Waals surface area (Å²) in [4.78, 5) is 24.6. The highest BCUT2D eigenvalue weighted by Crippen LogP contribution is 2.24. The average molecular weight is 301 g/mol. The van der Waals surface area contributed by atoms with Crippen molar-refractivity contribution in [3.8, 4) is 0 Å². The van der Waals surface area contributed by atoms with Gasteiger partial charge in [-0.3, -0.25) is 9.59 Å². The molecule has 0 saturated heterocycles. The van der Waals surface area contributed by atoms with Crippen molar-refractivity contribution in [2.75, 3.05) is 12.9 Å². The van der Waals surface area contributed by atoms with Gasteiger partial charge >= 0.3 is 5.97 Å². The summed E-state index contributed by atoms with van der Waals surface area (Å²) in [5.74, 6) is -1.12. The quantitative estimate of drug-likeness (QED) is 0.458. The largest absolute Gasteiger partial charge is 0.468 e. The number of thioether (sulfide) groups is 1. The molecule has 0 aliphatic rings. The fourth-order valence-corrected chi connectivity index (χ4v) is 2.83. The molecule has 0 N–H and O–H groups in total. The van der Waals surface area contributed by atoms with Crippen LogP contribution in [0.15, 0.2) is 29.2 Å². The highest BCUT2D eigenvalue weighted by Gasteiger charge is 2.30. The highest BCUT2D eigenvalue weighted by atomic mass is 35.5. The van der Waals surface area contributed by atoms with Crippen molar-refractivity contribution in [1.82, 2.24) is 0 Å². The zero-order valence-electron chi connectivity index (χ0n) is 11.2. The smallest absolute Gasteiger partial charge is 0.316 e. The number of benzene rings is 1. The number of carbonyl (C=O) groups excluding carboxylic acids is 2. The van der Waals surface area contributed by atoms with Crippen molar-refractivity contribution in [3.05, 3.63) is 29.3 Å². The monoisotopic (exact) mass is 300 g/mol. The van der Waals surface area contributed by atoms with Gasteiger partial charge in [0.25, 0.3) is 0 Å². The molecule has 19 heavy (non-hydrogen) atoms. The molecule has 1 unspecified atom stereocenters. The zero-order chi connectivity index (χ0) is 14.4. The van der Waals surface area contributed by atoms with Gasteiger partial charge < -0.3 is 4.74 Å². The fraction of sp³-hybridized carbons (Fsp3) is 0.429. The first-order valence-electron chi connectivity index (χ1n) is 5.94. The first-order chi connectivity index (χ1) is 8.95. The number of esters is 1. The lowest BCUT2D eigenvalue weighted by molar-refractivity contribution is -0.150. The van der Waals surface area contributed by atoms with E-state index in [1.165, 1.54) is 18.9 Å². The second kappa shape index (κ2) is 7.56. The van der Waals surface area contributed by atoms with Gasteiger partial charge in [0.2, 0.25) is 0 Å². The van der Waals surface area contributed by atoms with Crippen LogP contribution in [0.2, 0.25) is 5.02 Å². The minimum atomic E-state index is -0.698. The van der Waals surface area contributed by atoms with Gasteiger partial charge in [-0.2, -0.15) is 0 Å². The Bertz CT molecular complexity index is 460. The van der Waals surface area contributed by atoms with Crippen molar-refractivity contribution in [3.63, 3.8) is 0 Å². The number of rotatable bonds is 6. The first-order valence-corrected chi connectivity index (χ1v) is 7.31. The molecule has 0 saturated carbocycles. The minimum absolute atomic E-state index is 0.0695. The van der Waals surface area contributed by atoms with Crippen molar-refractivity contribution >= 4 is 35.1 Å². The predicted octanol–water partition coefficient (Wildman–Crippen LogP) is 3.45. The van der Waals surface area contributed by atoms with E-state index in [-0.39, 0.29) is 17.5 Å². The third-order valence-electron chi connectivity index (χ3n) is 2.65. The summed E-state index contributed by atoms with van der Waals surface area (Å²) in [6, 6.07) is 7.28. The van der Waals surface area contributed by atoms with Gasteiger partial charge in [0, 0.05) is 9.92 Å². The van der Waals surface area contributed by atoms with Gasteiger partial charge in [0.1, 0.15) is 5.92 Å². The predicted molar refractivity (Wildman–Crippen MR) is 77.5 cm³/mol. The van der Waals surface area contributed by atoms with E-state index in [9.17, 15) is 9.59 Å². The molecule has 0 aromatic heterocycles. The Hall–Kier alpha value is -1.00. The summed E-state index contributed by atoms with van der Waals surface area (Å²) in [5.41, 5.74) is 0. The Morgan fingerprint density at radius 2 is 2.05 bits per heavy atom. The molecule has 0 aliphatic heterocycles. The number of hydrogen-bond donors (Lipinski definition) is 0. The van der Waals surface area contributed by atoms with Gasteiger partial charge in [0.05, 0.1) is 12.9 Å². The number of Topliss-reactive ketones (excluding diaryl/α,β-unsaturated/α-hetero) is 1. The highest BCUT2D eigenvalue weighted by molar-refractivity contribution is 8.00. The van der Waals surface area contributed by atoms with Crippen LogP contribution in [-0.4, -0.2) is 24.6 Å². The third kappa shape index (κ3) is 4.88. The molecule has 104 valence electrons. The number of halogens is 1. The van der Waals surface area contributed by atoms with Crippen LogP contribution >= 0.6 is 23.4 Å². The van der Waals surface area contributed by atoms with Crippen LogP contribution in [0.4, 0.5) is 0 Å². The third-order valence-corrected chi connectivity index (χ3v) is 3.90. The summed E-state index contributed by atoms with van der Waals surface area (Å²) < 4.78 is 4.68. The Kier molecular flexibility index (Phi) is 6.38. The summed E-state index contributed by atoms with van der Waals surface area (Å²) in [7, 11) is 1.30. The molecule has 0 heterocycles. The first kappa shape index (κ1) is 16.1. The van der Waals surface area contributed by atoms with Crippen LogP contribution < -0.4 is 0 Å². The SMILES string of the molecule is COC(=O)C(C(=O)CSc1cccc(Cl)c1)C(C)C. The summed E-state index contributed by atoms with van der Waals surface area (Å²) in [5, 5.41) is 0.630. The fourth-order valence-electron chi connectivity index (χ4n) is 1.70. The lowest BCUT2D eigenvalue weighted by Crippen LogP contribution is -2.31. The second-order valence-electron chi connectivity index (χ2n) is 4.46. The van der Waals surface area contributed by atoms with Crippen LogP contribution in [0, 0.1) is 11.8 Å². The average Bonchev–Trinajstić information content (AvgIpc) is 2.36. The number of hydrogen-bond acceptors (Lipinski definition) is 4. The molecule has 1 aromatic rings. The number of ether oxygens (including phenoxy) is 1. The Morgan fingerprint density at radius 1 is 1.37 bits per heavy atom. The molecule has 3 nitrogen and oxygen atoms in total. The van der Waals surface area contributed by atoms with Gasteiger partial charge in [0.15, 0.2) is 5.78 Å². The lowest BCUT2D eigenvalue weighted by Gasteiger charge is -2.16. The molecular formula is C14H17ClO3S. The summed E-state index contributed by atoms with van der Waals surface area (Å²) >= 11 is 7.25. The summed E-state index contributed by atoms with van der Waals surface area (Å²) in [6.45, 7) is 3.67. The van der Waals surface area contributed by atoms with E-state index in [4.69, 9.17) is 11.6 Å². The standard InChI is InChI=1S/C14H17ClO3S/c1-9(2)13(14(17)18-3)12(16)8-19-11-6-4-5-10(15)7-11/h4-7,9,13H,8H2,1-3H3. The molecule has 1 rings (SSSR count). The lowest BCUT2D eigenvalue weighted by atomic mass is 9.92. The van der Waals surface area contributed by atoms with Gasteiger partial charge in [-0.25, -0.2) is 0 Å². The Balaban J connectivity index is 2.65. The molecule has 0 spiro atoms. The maximum Gasteiger partial charge on any atom is 0.316 e. The van der Waals surface area contributed by atoms with E-state index in [2.05, 4.69) is 4.74 Å². The molecule has 0 amide bonds. The van der Waals surface area contributed by atoms with Crippen LogP contribution in [-0.2, 0) is 14.3 Å². The molecule has 1 atom stereocenters. The second-order valence-corrected chi connectivity index (χ2v) is 5.94. The number of carbonyl (C=O) groups is 2. The van der Waals surface area contributed by atoms with E-state index >= 15 is 0 Å². The van der Waals surface area contributed by atoms with E-state index in [1.807, 2.05) is 26.0 Å². The van der Waals surface area contributed by atoms with E-state index in [1.54, 1.807) is 12.1 Å². The Labute approximate surface area is 122 Å². The van der Waals surface area contributed by atoms with Gasteiger partial charge in [-0.1, -0.05) is 31.5 Å². The minimum Gasteiger partial charge on any atom is -0.468 e. The molecule has 5 heteroatoms. The molecule has 0 bridgehead atoms. The van der Waals surface area contributed by atoms with Crippen molar-refractivity contribution < 1.29 is 14.3 Å². The molecule has 0 radical (unpaired) electrons. The molecular weight excluding hydrogens is 284 g/mol. The Morgan fingerprint density at radius 3 is 2.58 bits per heavy atom. The van der Waals surface area contributed by atoms with Gasteiger partial charge in [-0.15, -0.1) is 11.8 Å². The van der Waals surface area contributed by atoms with Crippen molar-refractivity contribution in [2.45, 2.75) is 18.7 Å². The van der Waals surface area contributed by atoms with Crippen molar-refractivity contribution in [2.24, 2.45) is 11.8 Å². The summed E-state index contributed by atoms with van der Waals surface area (Å²) in [6.07, 6.45) is 0. The zero-order valence-corrected chi connectivity index (χ0v) is 12.8.